The summed E-state index contributed by atoms with van der Waals surface area (Å²) in [5.74, 6) is -2.71. The zero-order chi connectivity index (χ0) is 32.9. The number of carbonyl (C=O) groups excluding carboxylic acids is 1. The van der Waals surface area contributed by atoms with E-state index in [9.17, 15) is 24.8 Å². The van der Waals surface area contributed by atoms with Crippen LogP contribution in [0.4, 0.5) is 5.69 Å². The van der Waals surface area contributed by atoms with Crippen molar-refractivity contribution in [3.63, 3.8) is 0 Å². The molecule has 9 heteroatoms. The number of nitro benzene ring substituents is 1. The van der Waals surface area contributed by atoms with Gasteiger partial charge in [0.25, 0.3) is 5.69 Å². The predicted molar refractivity (Wildman–Crippen MR) is 174 cm³/mol. The van der Waals surface area contributed by atoms with Crippen LogP contribution in [0.3, 0.4) is 0 Å². The molecule has 0 spiro atoms. The van der Waals surface area contributed by atoms with Crippen LogP contribution in [0.2, 0.25) is 0 Å². The van der Waals surface area contributed by atoms with E-state index in [4.69, 9.17) is 4.74 Å². The van der Waals surface area contributed by atoms with Crippen molar-refractivity contribution in [2.75, 3.05) is 27.2 Å². The number of hydrogen-bond donors (Lipinski definition) is 1. The van der Waals surface area contributed by atoms with Crippen molar-refractivity contribution in [3.8, 4) is 0 Å². The Morgan fingerprint density at radius 2 is 1.51 bits per heavy atom. The number of carboxylic acid groups (broad SMARTS) is 1. The van der Waals surface area contributed by atoms with Crippen LogP contribution in [0.25, 0.3) is 0 Å². The van der Waals surface area contributed by atoms with Crippen LogP contribution in [-0.2, 0) is 14.3 Å². The quantitative estimate of drug-likeness (QED) is 0.136. The van der Waals surface area contributed by atoms with Gasteiger partial charge in [-0.1, -0.05) is 72.8 Å². The highest BCUT2D eigenvalue weighted by molar-refractivity contribution is 5.99. The molecule has 0 radical (unpaired) electrons. The summed E-state index contributed by atoms with van der Waals surface area (Å²) < 4.78 is 6.12. The molecular formula is C36H41N3O6. The van der Waals surface area contributed by atoms with Crippen LogP contribution in [0, 0.1) is 10.1 Å². The lowest BCUT2D eigenvalue weighted by molar-refractivity contribution is -0.384. The molecule has 0 saturated heterocycles. The van der Waals surface area contributed by atoms with Gasteiger partial charge >= 0.3 is 11.9 Å². The molecule has 1 aliphatic rings. The summed E-state index contributed by atoms with van der Waals surface area (Å²) in [6.07, 6.45) is 0.852. The predicted octanol–water partition coefficient (Wildman–Crippen LogP) is 6.73. The van der Waals surface area contributed by atoms with E-state index in [1.165, 1.54) is 29.3 Å². The van der Waals surface area contributed by atoms with Crippen LogP contribution < -0.4 is 0 Å². The first-order chi connectivity index (χ1) is 21.3. The normalized spacial score (nSPS) is 15.6. The molecule has 3 aromatic rings. The molecule has 45 heavy (non-hydrogen) atoms. The molecule has 1 N–H and O–H groups in total. The first kappa shape index (κ1) is 33.1. The molecule has 0 aliphatic carbocycles. The smallest absolute Gasteiger partial charge is 0.337 e. The highest BCUT2D eigenvalue weighted by Gasteiger charge is 2.41. The Hall–Kier alpha value is -4.76. The van der Waals surface area contributed by atoms with E-state index in [0.29, 0.717) is 23.5 Å². The number of carboxylic acids is 1. The fourth-order valence-corrected chi connectivity index (χ4v) is 6.18. The molecule has 9 nitrogen and oxygen atoms in total. The van der Waals surface area contributed by atoms with Crippen molar-refractivity contribution < 1.29 is 24.4 Å². The molecule has 0 bridgehead atoms. The first-order valence-corrected chi connectivity index (χ1v) is 15.0. The van der Waals surface area contributed by atoms with Gasteiger partial charge in [-0.25, -0.2) is 9.59 Å². The molecule has 0 fully saturated rings. The maximum Gasteiger partial charge on any atom is 0.337 e. The van der Waals surface area contributed by atoms with Crippen molar-refractivity contribution >= 4 is 17.6 Å². The van der Waals surface area contributed by atoms with E-state index in [0.717, 1.165) is 13.0 Å². The monoisotopic (exact) mass is 611 g/mol. The molecule has 1 unspecified atom stereocenters. The number of nitrogens with zero attached hydrogens (tertiary/aromatic N) is 3. The third-order valence-electron chi connectivity index (χ3n) is 8.45. The summed E-state index contributed by atoms with van der Waals surface area (Å²) in [5.41, 5.74) is 2.76. The van der Waals surface area contributed by atoms with Crippen molar-refractivity contribution in [3.05, 3.63) is 134 Å². The number of likely N-dealkylation sites (N-methyl/N-ethyl adjacent to an activating group) is 1. The second-order valence-corrected chi connectivity index (χ2v) is 12.2. The van der Waals surface area contributed by atoms with Gasteiger partial charge in [0.2, 0.25) is 0 Å². The number of hydrogen-bond acceptors (Lipinski definition) is 7. The third-order valence-corrected chi connectivity index (χ3v) is 8.45. The van der Waals surface area contributed by atoms with E-state index < -0.39 is 28.4 Å². The molecule has 1 heterocycles. The summed E-state index contributed by atoms with van der Waals surface area (Å²) >= 11 is 0. The van der Waals surface area contributed by atoms with E-state index >= 15 is 0 Å². The highest BCUT2D eigenvalue weighted by Crippen LogP contribution is 2.43. The van der Waals surface area contributed by atoms with Gasteiger partial charge in [-0.3, -0.25) is 10.1 Å². The number of carbonyl (C=O) groups is 2. The largest absolute Gasteiger partial charge is 0.478 e. The van der Waals surface area contributed by atoms with E-state index in [-0.39, 0.29) is 22.8 Å². The average Bonchev–Trinajstić information content (AvgIpc) is 3.00. The Bertz CT molecular complexity index is 1570. The molecule has 236 valence electrons. The van der Waals surface area contributed by atoms with Crippen LogP contribution in [-0.4, -0.2) is 64.6 Å². The summed E-state index contributed by atoms with van der Waals surface area (Å²) in [6, 6.07) is 26.5. The van der Waals surface area contributed by atoms with Gasteiger partial charge in [-0.15, -0.1) is 0 Å². The van der Waals surface area contributed by atoms with E-state index in [2.05, 4.69) is 29.2 Å². The minimum absolute atomic E-state index is 0.0293. The zero-order valence-electron chi connectivity index (χ0n) is 26.7. The number of aliphatic carboxylic acids is 1. The molecule has 4 rings (SSSR count). The summed E-state index contributed by atoms with van der Waals surface area (Å²) in [6.45, 7) is 8.22. The topological polar surface area (TPSA) is 113 Å². The lowest BCUT2D eigenvalue weighted by Crippen LogP contribution is -2.42. The van der Waals surface area contributed by atoms with Crippen LogP contribution >= 0.6 is 0 Å². The second-order valence-electron chi connectivity index (χ2n) is 12.2. The lowest BCUT2D eigenvalue weighted by atomic mass is 9.79. The fraction of sp³-hybridized carbons (Fsp3) is 0.333. The molecule has 1 atom stereocenters. The standard InChI is InChI=1S/C36H41N3O6/c1-24-31(34(40)41)33(28-18-13-19-29(22-28)39(43)44)32(25(2)38(24)6)35(42)45-36(3,4)23-37(5)21-20-30(26-14-9-7-10-15-26)27-16-11-8-12-17-27/h7-19,22,30,33H,20-21,23H2,1-6H3,(H,40,41). The van der Waals surface area contributed by atoms with Crippen LogP contribution in [0.5, 0.6) is 0 Å². The van der Waals surface area contributed by atoms with Gasteiger partial charge in [0.1, 0.15) is 5.60 Å². The number of non-ortho nitro benzene ring substituents is 1. The van der Waals surface area contributed by atoms with Gasteiger partial charge in [-0.05, 0) is 64.4 Å². The van der Waals surface area contributed by atoms with Crippen molar-refractivity contribution in [1.29, 1.82) is 0 Å². The molecule has 0 saturated carbocycles. The zero-order valence-corrected chi connectivity index (χ0v) is 26.7. The van der Waals surface area contributed by atoms with Crippen molar-refractivity contribution in [1.82, 2.24) is 9.80 Å². The van der Waals surface area contributed by atoms with Gasteiger partial charge in [-0.2, -0.15) is 0 Å². The molecule has 0 aromatic heterocycles. The van der Waals surface area contributed by atoms with Crippen LogP contribution in [0.1, 0.15) is 62.6 Å². The minimum Gasteiger partial charge on any atom is -0.478 e. The number of benzene rings is 3. The number of ether oxygens (including phenoxy) is 1. The number of nitro groups is 1. The van der Waals surface area contributed by atoms with E-state index in [1.807, 2.05) is 57.3 Å². The third kappa shape index (κ3) is 7.67. The molecule has 0 amide bonds. The highest BCUT2D eigenvalue weighted by atomic mass is 16.6. The van der Waals surface area contributed by atoms with Crippen molar-refractivity contribution in [2.45, 2.75) is 51.6 Å². The summed E-state index contributed by atoms with van der Waals surface area (Å²) in [5, 5.41) is 21.8. The SMILES string of the molecule is CC1=C(C(=O)O)C(c2cccc([N+](=O)[O-])c2)C(C(=O)OC(C)(C)CN(C)CCC(c2ccccc2)c2ccccc2)=C(C)N1C. The average molecular weight is 612 g/mol. The maximum atomic E-state index is 14.0. The molecule has 1 aliphatic heterocycles. The van der Waals surface area contributed by atoms with Gasteiger partial charge in [0.15, 0.2) is 0 Å². The second kappa shape index (κ2) is 13.9. The van der Waals surface area contributed by atoms with Gasteiger partial charge < -0.3 is 19.6 Å². The number of esters is 1. The molecule has 3 aromatic carbocycles. The lowest BCUT2D eigenvalue weighted by Gasteiger charge is -2.37. The van der Waals surface area contributed by atoms with Crippen LogP contribution in [0.15, 0.2) is 107 Å². The minimum atomic E-state index is -1.21. The Labute approximate surface area is 264 Å². The van der Waals surface area contributed by atoms with Gasteiger partial charge in [0.05, 0.1) is 22.0 Å². The fourth-order valence-electron chi connectivity index (χ4n) is 6.18. The summed E-state index contributed by atoms with van der Waals surface area (Å²) in [7, 11) is 3.68. The van der Waals surface area contributed by atoms with E-state index in [1.54, 1.807) is 31.9 Å². The molecular weight excluding hydrogens is 570 g/mol. The van der Waals surface area contributed by atoms with Crippen molar-refractivity contribution in [2.24, 2.45) is 0 Å². The van der Waals surface area contributed by atoms with Gasteiger partial charge in [0, 0.05) is 43.0 Å². The Morgan fingerprint density at radius 3 is 2.04 bits per heavy atom. The Kier molecular flexibility index (Phi) is 10.2. The maximum absolute atomic E-state index is 14.0. The first-order valence-electron chi connectivity index (χ1n) is 15.0. The Morgan fingerprint density at radius 1 is 0.956 bits per heavy atom. The Balaban J connectivity index is 1.56. The summed E-state index contributed by atoms with van der Waals surface area (Å²) in [4.78, 5) is 41.3. The number of rotatable bonds is 12. The number of allylic oxidation sites excluding steroid dienone is 2.